The van der Waals surface area contributed by atoms with Gasteiger partial charge in [0.1, 0.15) is 0 Å². The number of carbonyl (C=O) groups is 1. The van der Waals surface area contributed by atoms with Gasteiger partial charge in [0.25, 0.3) is 0 Å². The normalized spacial score (nSPS) is 12.1. The lowest BCUT2D eigenvalue weighted by Gasteiger charge is -2.19. The van der Waals surface area contributed by atoms with Crippen LogP contribution in [0, 0.1) is 5.92 Å². The molecule has 5 nitrogen and oxygen atoms in total. The van der Waals surface area contributed by atoms with Crippen molar-refractivity contribution in [2.45, 2.75) is 19.6 Å². The monoisotopic (exact) mass is 285 g/mol. The third-order valence-corrected chi connectivity index (χ3v) is 4.42. The molecule has 0 amide bonds. The molecule has 1 rings (SSSR count). The second-order valence-corrected chi connectivity index (χ2v) is 7.01. The molecule has 0 bridgehead atoms. The highest BCUT2D eigenvalue weighted by molar-refractivity contribution is 7.88. The Morgan fingerprint density at radius 1 is 1.37 bits per heavy atom. The van der Waals surface area contributed by atoms with Gasteiger partial charge in [0.05, 0.1) is 11.3 Å². The minimum absolute atomic E-state index is 0.0965. The summed E-state index contributed by atoms with van der Waals surface area (Å²) in [6.07, 6.45) is 0. The van der Waals surface area contributed by atoms with Crippen molar-refractivity contribution in [2.24, 2.45) is 5.92 Å². The van der Waals surface area contributed by atoms with Crippen molar-refractivity contribution in [2.75, 3.05) is 13.6 Å². The average Bonchev–Trinajstić information content (AvgIpc) is 2.27. The predicted molar refractivity (Wildman–Crippen MR) is 73.5 cm³/mol. The fraction of sp³-hybridized carbons (Fsp3) is 0.462. The van der Waals surface area contributed by atoms with Crippen LogP contribution >= 0.6 is 0 Å². The summed E-state index contributed by atoms with van der Waals surface area (Å²) < 4.78 is 25.5. The molecule has 0 aliphatic heterocycles. The number of hydrogen-bond donors (Lipinski definition) is 1. The van der Waals surface area contributed by atoms with Crippen LogP contribution in [0.25, 0.3) is 0 Å². The molecule has 0 spiro atoms. The lowest BCUT2D eigenvalue weighted by atomic mass is 10.1. The molecular formula is C13H19NO4S. The first-order valence-electron chi connectivity index (χ1n) is 5.98. The molecule has 0 unspecified atom stereocenters. The fourth-order valence-corrected chi connectivity index (χ4v) is 3.09. The highest BCUT2D eigenvalue weighted by Gasteiger charge is 2.19. The summed E-state index contributed by atoms with van der Waals surface area (Å²) in [4.78, 5) is 10.8. The third-order valence-electron chi connectivity index (χ3n) is 2.62. The number of nitrogens with zero attached hydrogens (tertiary/aromatic N) is 1. The molecule has 6 heteroatoms. The maximum Gasteiger partial charge on any atom is 0.335 e. The van der Waals surface area contributed by atoms with Gasteiger partial charge in [0.2, 0.25) is 10.0 Å². The van der Waals surface area contributed by atoms with Crippen LogP contribution in [-0.2, 0) is 15.8 Å². The number of hydrogen-bond acceptors (Lipinski definition) is 3. The topological polar surface area (TPSA) is 74.7 Å². The average molecular weight is 285 g/mol. The summed E-state index contributed by atoms with van der Waals surface area (Å²) in [5, 5.41) is 8.88. The van der Waals surface area contributed by atoms with E-state index in [2.05, 4.69) is 0 Å². The van der Waals surface area contributed by atoms with Gasteiger partial charge in [-0.25, -0.2) is 17.5 Å². The number of sulfonamides is 1. The van der Waals surface area contributed by atoms with Crippen LogP contribution in [0.3, 0.4) is 0 Å². The molecule has 0 aromatic heterocycles. The first-order valence-corrected chi connectivity index (χ1v) is 7.59. The van der Waals surface area contributed by atoms with Crippen LogP contribution in [0.2, 0.25) is 0 Å². The molecule has 106 valence electrons. The lowest BCUT2D eigenvalue weighted by molar-refractivity contribution is 0.0696. The molecule has 0 fully saturated rings. The number of aromatic carboxylic acids is 1. The first kappa shape index (κ1) is 15.7. The quantitative estimate of drug-likeness (QED) is 0.865. The second-order valence-electron chi connectivity index (χ2n) is 4.94. The van der Waals surface area contributed by atoms with Crippen LogP contribution in [0.5, 0.6) is 0 Å². The standard InChI is InChI=1S/C13H19NO4S/c1-10(2)8-14(3)19(17,18)9-11-5-4-6-12(7-11)13(15)16/h4-7,10H,8-9H2,1-3H3,(H,15,16). The van der Waals surface area contributed by atoms with Crippen molar-refractivity contribution in [3.63, 3.8) is 0 Å². The Morgan fingerprint density at radius 2 is 2.00 bits per heavy atom. The van der Waals surface area contributed by atoms with Gasteiger partial charge in [-0.2, -0.15) is 0 Å². The molecule has 1 N–H and O–H groups in total. The number of benzene rings is 1. The van der Waals surface area contributed by atoms with Gasteiger partial charge in [0, 0.05) is 13.6 Å². The van der Waals surface area contributed by atoms with Crippen LogP contribution in [0.4, 0.5) is 0 Å². The molecule has 1 aromatic rings. The maximum atomic E-state index is 12.1. The van der Waals surface area contributed by atoms with E-state index < -0.39 is 16.0 Å². The van der Waals surface area contributed by atoms with Crippen LogP contribution in [-0.4, -0.2) is 37.4 Å². The highest BCUT2D eigenvalue weighted by atomic mass is 32.2. The van der Waals surface area contributed by atoms with E-state index in [1.807, 2.05) is 13.8 Å². The summed E-state index contributed by atoms with van der Waals surface area (Å²) in [5.74, 6) is -1.00. The zero-order valence-corrected chi connectivity index (χ0v) is 12.1. The molecule has 0 aliphatic carbocycles. The minimum atomic E-state index is -3.41. The first-order chi connectivity index (χ1) is 8.72. The number of carboxylic acids is 1. The van der Waals surface area contributed by atoms with Crippen molar-refractivity contribution in [1.29, 1.82) is 0 Å². The van der Waals surface area contributed by atoms with E-state index in [4.69, 9.17) is 5.11 Å². The Bertz CT molecular complexity index is 552. The van der Waals surface area contributed by atoms with E-state index in [1.165, 1.54) is 23.5 Å². The van der Waals surface area contributed by atoms with Gasteiger partial charge in [-0.15, -0.1) is 0 Å². The van der Waals surface area contributed by atoms with Crippen molar-refractivity contribution < 1.29 is 18.3 Å². The lowest BCUT2D eigenvalue weighted by Crippen LogP contribution is -2.31. The van der Waals surface area contributed by atoms with Crippen LogP contribution in [0.1, 0.15) is 29.8 Å². The second kappa shape index (κ2) is 6.16. The Labute approximate surface area is 113 Å². The van der Waals surface area contributed by atoms with E-state index in [0.29, 0.717) is 12.1 Å². The molecular weight excluding hydrogens is 266 g/mol. The van der Waals surface area contributed by atoms with E-state index in [9.17, 15) is 13.2 Å². The molecule has 1 aromatic carbocycles. The summed E-state index contributed by atoms with van der Waals surface area (Å²) in [6, 6.07) is 6.00. The smallest absolute Gasteiger partial charge is 0.335 e. The van der Waals surface area contributed by atoms with Gasteiger partial charge in [-0.1, -0.05) is 26.0 Å². The van der Waals surface area contributed by atoms with Gasteiger partial charge >= 0.3 is 5.97 Å². The van der Waals surface area contributed by atoms with Crippen LogP contribution < -0.4 is 0 Å². The Balaban J connectivity index is 2.89. The van der Waals surface area contributed by atoms with Crippen molar-refractivity contribution >= 4 is 16.0 Å². The largest absolute Gasteiger partial charge is 0.478 e. The van der Waals surface area contributed by atoms with E-state index in [-0.39, 0.29) is 17.2 Å². The Morgan fingerprint density at radius 3 is 2.53 bits per heavy atom. The van der Waals surface area contributed by atoms with Crippen molar-refractivity contribution in [3.8, 4) is 0 Å². The summed E-state index contributed by atoms with van der Waals surface area (Å²) >= 11 is 0. The zero-order valence-electron chi connectivity index (χ0n) is 11.3. The molecule has 0 radical (unpaired) electrons. The SMILES string of the molecule is CC(C)CN(C)S(=O)(=O)Cc1cccc(C(=O)O)c1. The molecule has 0 saturated carbocycles. The Kier molecular flexibility index (Phi) is 5.08. The molecule has 0 saturated heterocycles. The number of carboxylic acid groups (broad SMARTS) is 1. The van der Waals surface area contributed by atoms with Gasteiger partial charge in [0.15, 0.2) is 0 Å². The molecule has 0 aliphatic rings. The molecule has 19 heavy (non-hydrogen) atoms. The van der Waals surface area contributed by atoms with Crippen LogP contribution in [0.15, 0.2) is 24.3 Å². The molecule has 0 heterocycles. The summed E-state index contributed by atoms with van der Waals surface area (Å²) in [6.45, 7) is 4.33. The zero-order chi connectivity index (χ0) is 14.6. The highest BCUT2D eigenvalue weighted by Crippen LogP contribution is 2.13. The van der Waals surface area contributed by atoms with E-state index >= 15 is 0 Å². The third kappa shape index (κ3) is 4.65. The van der Waals surface area contributed by atoms with Gasteiger partial charge in [-0.05, 0) is 23.6 Å². The molecule has 0 atom stereocenters. The summed E-state index contributed by atoms with van der Waals surface area (Å²) in [5.41, 5.74) is 0.578. The summed E-state index contributed by atoms with van der Waals surface area (Å²) in [7, 11) is -1.87. The van der Waals surface area contributed by atoms with Crippen molar-refractivity contribution in [1.82, 2.24) is 4.31 Å². The fourth-order valence-electron chi connectivity index (χ4n) is 1.74. The van der Waals surface area contributed by atoms with E-state index in [0.717, 1.165) is 0 Å². The van der Waals surface area contributed by atoms with Crippen molar-refractivity contribution in [3.05, 3.63) is 35.4 Å². The van der Waals surface area contributed by atoms with E-state index in [1.54, 1.807) is 12.1 Å². The minimum Gasteiger partial charge on any atom is -0.478 e. The number of rotatable bonds is 6. The van der Waals surface area contributed by atoms with Gasteiger partial charge in [-0.3, -0.25) is 0 Å². The Hall–Kier alpha value is -1.40. The maximum absolute atomic E-state index is 12.1. The van der Waals surface area contributed by atoms with Gasteiger partial charge < -0.3 is 5.11 Å². The predicted octanol–water partition coefficient (Wildman–Crippen LogP) is 1.80.